The van der Waals surface area contributed by atoms with Crippen LogP contribution >= 0.6 is 12.2 Å². The molecule has 1 atom stereocenters. The third-order valence-electron chi connectivity index (χ3n) is 5.39. The normalized spacial score (nSPS) is 15.4. The Morgan fingerprint density at radius 2 is 1.81 bits per heavy atom. The zero-order valence-electron chi connectivity index (χ0n) is 16.4. The lowest BCUT2D eigenvalue weighted by Crippen LogP contribution is -2.38. The lowest BCUT2D eigenvalue weighted by molar-refractivity contribution is 0.246. The molecule has 1 aliphatic rings. The van der Waals surface area contributed by atoms with Gasteiger partial charge in [-0.05, 0) is 86.9 Å². The second-order valence-corrected chi connectivity index (χ2v) is 7.52. The Morgan fingerprint density at radius 1 is 1.11 bits per heavy atom. The van der Waals surface area contributed by atoms with Crippen LogP contribution in [0.1, 0.15) is 35.6 Å². The van der Waals surface area contributed by atoms with E-state index in [-0.39, 0.29) is 0 Å². The molecule has 5 heteroatoms. The smallest absolute Gasteiger partial charge is 0.170 e. The summed E-state index contributed by atoms with van der Waals surface area (Å²) in [4.78, 5) is 2.54. The molecule has 0 saturated carbocycles. The van der Waals surface area contributed by atoms with Crippen LogP contribution < -0.4 is 15.4 Å². The van der Waals surface area contributed by atoms with E-state index in [1.807, 2.05) is 12.1 Å². The molecule has 144 valence electrons. The minimum Gasteiger partial charge on any atom is -0.497 e. The number of aryl methyl sites for hydroxylation is 1. The molecule has 0 radical (unpaired) electrons. The standard InChI is InChI=1S/C22H29N3OS/c1-16-7-6-8-20(17(16)2)24-22(27)23-15-21(25-13-4-5-14-25)18-9-11-19(26-3)12-10-18/h6-12,21H,4-5,13-15H2,1-3H3,(H2,23,24,27)/t21-/m1/s1. The third-order valence-corrected chi connectivity index (χ3v) is 5.64. The maximum absolute atomic E-state index is 5.56. The van der Waals surface area contributed by atoms with E-state index in [4.69, 9.17) is 17.0 Å². The van der Waals surface area contributed by atoms with Gasteiger partial charge in [0.2, 0.25) is 0 Å². The van der Waals surface area contributed by atoms with Crippen molar-refractivity contribution in [3.63, 3.8) is 0 Å². The van der Waals surface area contributed by atoms with E-state index in [0.717, 1.165) is 31.1 Å². The second-order valence-electron chi connectivity index (χ2n) is 7.11. The first-order valence-corrected chi connectivity index (χ1v) is 9.98. The lowest BCUT2D eigenvalue weighted by Gasteiger charge is -2.29. The number of ether oxygens (including phenoxy) is 1. The predicted octanol–water partition coefficient (Wildman–Crippen LogP) is 4.44. The molecule has 1 saturated heterocycles. The van der Waals surface area contributed by atoms with Crippen LogP contribution in [0.15, 0.2) is 42.5 Å². The number of hydrogen-bond acceptors (Lipinski definition) is 3. The van der Waals surface area contributed by atoms with Gasteiger partial charge in [-0.15, -0.1) is 0 Å². The maximum Gasteiger partial charge on any atom is 0.170 e. The van der Waals surface area contributed by atoms with Crippen LogP contribution in [-0.2, 0) is 0 Å². The maximum atomic E-state index is 5.56. The molecule has 27 heavy (non-hydrogen) atoms. The van der Waals surface area contributed by atoms with Crippen LogP contribution in [0.4, 0.5) is 5.69 Å². The van der Waals surface area contributed by atoms with Crippen molar-refractivity contribution in [2.24, 2.45) is 0 Å². The zero-order chi connectivity index (χ0) is 19.2. The Balaban J connectivity index is 1.66. The quantitative estimate of drug-likeness (QED) is 0.722. The van der Waals surface area contributed by atoms with E-state index in [9.17, 15) is 0 Å². The first-order chi connectivity index (χ1) is 13.1. The van der Waals surface area contributed by atoms with Gasteiger partial charge >= 0.3 is 0 Å². The van der Waals surface area contributed by atoms with Crippen molar-refractivity contribution in [1.29, 1.82) is 0 Å². The Morgan fingerprint density at radius 3 is 2.48 bits per heavy atom. The summed E-state index contributed by atoms with van der Waals surface area (Å²) in [7, 11) is 1.70. The molecule has 2 aromatic rings. The van der Waals surface area contributed by atoms with E-state index >= 15 is 0 Å². The average Bonchev–Trinajstić information content (AvgIpc) is 3.20. The van der Waals surface area contributed by atoms with Gasteiger partial charge in [0.15, 0.2) is 5.11 Å². The Bertz CT molecular complexity index is 770. The Labute approximate surface area is 167 Å². The molecule has 2 N–H and O–H groups in total. The summed E-state index contributed by atoms with van der Waals surface area (Å²) in [5.41, 5.74) is 4.85. The Hall–Kier alpha value is -2.11. The summed E-state index contributed by atoms with van der Waals surface area (Å²) >= 11 is 5.56. The average molecular weight is 384 g/mol. The SMILES string of the molecule is COc1ccc([C@@H](CNC(=S)Nc2cccc(C)c2C)N2CCCC2)cc1. The van der Waals surface area contributed by atoms with Gasteiger partial charge in [-0.1, -0.05) is 24.3 Å². The molecule has 3 rings (SSSR count). The fourth-order valence-corrected chi connectivity index (χ4v) is 3.77. The molecule has 0 aromatic heterocycles. The van der Waals surface area contributed by atoms with Gasteiger partial charge in [0.1, 0.15) is 5.75 Å². The number of rotatable bonds is 6. The molecule has 1 aliphatic heterocycles. The number of anilines is 1. The molecule has 1 heterocycles. The van der Waals surface area contributed by atoms with E-state index in [1.165, 1.54) is 29.5 Å². The summed E-state index contributed by atoms with van der Waals surface area (Å²) in [5.74, 6) is 0.888. The third kappa shape index (κ3) is 4.99. The van der Waals surface area contributed by atoms with Gasteiger partial charge in [0, 0.05) is 12.2 Å². The topological polar surface area (TPSA) is 36.5 Å². The van der Waals surface area contributed by atoms with Crippen molar-refractivity contribution in [3.8, 4) is 5.75 Å². The van der Waals surface area contributed by atoms with Crippen molar-refractivity contribution < 1.29 is 4.74 Å². The minimum atomic E-state index is 0.303. The van der Waals surface area contributed by atoms with Crippen LogP contribution in [0.2, 0.25) is 0 Å². The summed E-state index contributed by atoms with van der Waals surface area (Å²) in [6.07, 6.45) is 2.52. The molecular weight excluding hydrogens is 354 g/mol. The van der Waals surface area contributed by atoms with Crippen molar-refractivity contribution in [2.75, 3.05) is 32.1 Å². The van der Waals surface area contributed by atoms with Crippen LogP contribution in [0.5, 0.6) is 5.75 Å². The highest BCUT2D eigenvalue weighted by molar-refractivity contribution is 7.80. The van der Waals surface area contributed by atoms with Crippen molar-refractivity contribution in [3.05, 3.63) is 59.2 Å². The fraction of sp³-hybridized carbons (Fsp3) is 0.409. The lowest BCUT2D eigenvalue weighted by atomic mass is 10.1. The summed E-state index contributed by atoms with van der Waals surface area (Å²) < 4.78 is 5.30. The minimum absolute atomic E-state index is 0.303. The summed E-state index contributed by atoms with van der Waals surface area (Å²) in [5, 5.41) is 7.45. The van der Waals surface area contributed by atoms with Crippen molar-refractivity contribution >= 4 is 23.0 Å². The van der Waals surface area contributed by atoms with Crippen molar-refractivity contribution in [1.82, 2.24) is 10.2 Å². The fourth-order valence-electron chi connectivity index (χ4n) is 3.58. The summed E-state index contributed by atoms with van der Waals surface area (Å²) in [6, 6.07) is 14.9. The highest BCUT2D eigenvalue weighted by Crippen LogP contribution is 2.26. The van der Waals surface area contributed by atoms with E-state index in [1.54, 1.807) is 7.11 Å². The molecule has 0 bridgehead atoms. The monoisotopic (exact) mass is 383 g/mol. The first kappa shape index (κ1) is 19.6. The number of thiocarbonyl (C=S) groups is 1. The molecule has 0 unspecified atom stereocenters. The number of nitrogens with one attached hydrogen (secondary N) is 2. The first-order valence-electron chi connectivity index (χ1n) is 9.57. The molecule has 0 amide bonds. The van der Waals surface area contributed by atoms with Gasteiger partial charge in [-0.25, -0.2) is 0 Å². The van der Waals surface area contributed by atoms with Gasteiger partial charge in [0.05, 0.1) is 13.2 Å². The molecule has 4 nitrogen and oxygen atoms in total. The van der Waals surface area contributed by atoms with Gasteiger partial charge < -0.3 is 15.4 Å². The number of hydrogen-bond donors (Lipinski definition) is 2. The highest BCUT2D eigenvalue weighted by atomic mass is 32.1. The molecular formula is C22H29N3OS. The largest absolute Gasteiger partial charge is 0.497 e. The van der Waals surface area contributed by atoms with E-state index < -0.39 is 0 Å². The van der Waals surface area contributed by atoms with E-state index in [0.29, 0.717) is 11.2 Å². The van der Waals surface area contributed by atoms with Crippen LogP contribution in [0.3, 0.4) is 0 Å². The number of nitrogens with zero attached hydrogens (tertiary/aromatic N) is 1. The van der Waals surface area contributed by atoms with Crippen molar-refractivity contribution in [2.45, 2.75) is 32.7 Å². The predicted molar refractivity (Wildman–Crippen MR) is 117 cm³/mol. The molecule has 0 aliphatic carbocycles. The van der Waals surface area contributed by atoms with Crippen LogP contribution in [-0.4, -0.2) is 36.8 Å². The number of benzene rings is 2. The highest BCUT2D eigenvalue weighted by Gasteiger charge is 2.23. The molecule has 1 fully saturated rings. The molecule has 0 spiro atoms. The zero-order valence-corrected chi connectivity index (χ0v) is 17.2. The molecule has 2 aromatic carbocycles. The Kier molecular flexibility index (Phi) is 6.69. The van der Waals surface area contributed by atoms with Gasteiger partial charge in [-0.3, -0.25) is 4.90 Å². The van der Waals surface area contributed by atoms with Gasteiger partial charge in [0.25, 0.3) is 0 Å². The van der Waals surface area contributed by atoms with E-state index in [2.05, 4.69) is 59.7 Å². The number of methoxy groups -OCH3 is 1. The van der Waals surface area contributed by atoms with Crippen LogP contribution in [0.25, 0.3) is 0 Å². The second kappa shape index (κ2) is 9.20. The van der Waals surface area contributed by atoms with Gasteiger partial charge in [-0.2, -0.15) is 0 Å². The summed E-state index contributed by atoms with van der Waals surface area (Å²) in [6.45, 7) is 7.28. The van der Waals surface area contributed by atoms with Crippen LogP contribution in [0, 0.1) is 13.8 Å². The number of likely N-dealkylation sites (tertiary alicyclic amines) is 1.